The number of aryl methyl sites for hydroxylation is 1. The predicted molar refractivity (Wildman–Crippen MR) is 106 cm³/mol. The van der Waals surface area contributed by atoms with Crippen molar-refractivity contribution in [2.24, 2.45) is 5.41 Å². The van der Waals surface area contributed by atoms with Crippen molar-refractivity contribution in [1.82, 2.24) is 19.7 Å². The molecule has 1 aromatic heterocycles. The highest BCUT2D eigenvalue weighted by Crippen LogP contribution is 2.55. The van der Waals surface area contributed by atoms with Gasteiger partial charge in [-0.05, 0) is 37.3 Å². The molecule has 1 spiro atoms. The van der Waals surface area contributed by atoms with Crippen LogP contribution in [-0.2, 0) is 16.1 Å². The van der Waals surface area contributed by atoms with Crippen LogP contribution in [0.5, 0.6) is 5.75 Å². The number of hydrogen-bond acceptors (Lipinski definition) is 5. The molecule has 1 aliphatic carbocycles. The van der Waals surface area contributed by atoms with Crippen molar-refractivity contribution in [3.63, 3.8) is 0 Å². The Balaban J connectivity index is 1.37. The SMILES string of the molecule is CCn1cnnc1C1CN(C(=O)CN2C(=O)COc3ccccc32)CC12CCC2. The van der Waals surface area contributed by atoms with Gasteiger partial charge in [-0.2, -0.15) is 0 Å². The normalized spacial score (nSPS) is 22.4. The number of hydrogen-bond donors (Lipinski definition) is 0. The minimum Gasteiger partial charge on any atom is -0.482 e. The van der Waals surface area contributed by atoms with E-state index in [4.69, 9.17) is 4.74 Å². The van der Waals surface area contributed by atoms with Gasteiger partial charge in [-0.1, -0.05) is 18.6 Å². The van der Waals surface area contributed by atoms with Gasteiger partial charge in [-0.3, -0.25) is 14.5 Å². The molecule has 1 unspecified atom stereocenters. The van der Waals surface area contributed by atoms with Gasteiger partial charge in [0.25, 0.3) is 5.91 Å². The zero-order valence-electron chi connectivity index (χ0n) is 16.6. The topological polar surface area (TPSA) is 80.6 Å². The highest BCUT2D eigenvalue weighted by molar-refractivity contribution is 6.02. The third-order valence-corrected chi connectivity index (χ3v) is 6.75. The van der Waals surface area contributed by atoms with Crippen molar-refractivity contribution in [1.29, 1.82) is 0 Å². The maximum atomic E-state index is 13.2. The van der Waals surface area contributed by atoms with Crippen LogP contribution < -0.4 is 9.64 Å². The minimum atomic E-state index is -0.183. The van der Waals surface area contributed by atoms with Gasteiger partial charge >= 0.3 is 0 Å². The fraction of sp³-hybridized carbons (Fsp3) is 0.524. The number of rotatable bonds is 4. The van der Waals surface area contributed by atoms with E-state index >= 15 is 0 Å². The molecule has 2 amide bonds. The number of nitrogens with zero attached hydrogens (tertiary/aromatic N) is 5. The van der Waals surface area contributed by atoms with Crippen molar-refractivity contribution in [3.8, 4) is 5.75 Å². The Morgan fingerprint density at radius 3 is 2.90 bits per heavy atom. The summed E-state index contributed by atoms with van der Waals surface area (Å²) in [7, 11) is 0. The van der Waals surface area contributed by atoms with Gasteiger partial charge < -0.3 is 14.2 Å². The average Bonchev–Trinajstić information content (AvgIpc) is 3.34. The Bertz CT molecular complexity index is 951. The van der Waals surface area contributed by atoms with Crippen molar-refractivity contribution in [3.05, 3.63) is 36.4 Å². The first-order valence-corrected chi connectivity index (χ1v) is 10.3. The number of carbonyl (C=O) groups excluding carboxylic acids is 2. The number of carbonyl (C=O) groups is 2. The van der Waals surface area contributed by atoms with Gasteiger partial charge in [0, 0.05) is 25.6 Å². The predicted octanol–water partition coefficient (Wildman–Crippen LogP) is 1.82. The van der Waals surface area contributed by atoms with E-state index in [0.717, 1.165) is 31.8 Å². The molecule has 3 aliphatic rings. The van der Waals surface area contributed by atoms with Crippen molar-refractivity contribution in [2.75, 3.05) is 31.1 Å². The van der Waals surface area contributed by atoms with Gasteiger partial charge in [-0.15, -0.1) is 10.2 Å². The smallest absolute Gasteiger partial charge is 0.265 e. The average molecular weight is 395 g/mol. The number of aromatic nitrogens is 3. The number of anilines is 1. The summed E-state index contributed by atoms with van der Waals surface area (Å²) in [5, 5.41) is 8.49. The van der Waals surface area contributed by atoms with Crippen LogP contribution in [0.1, 0.15) is 37.9 Å². The monoisotopic (exact) mass is 395 g/mol. The van der Waals surface area contributed by atoms with Crippen LogP contribution in [0, 0.1) is 5.41 Å². The summed E-state index contributed by atoms with van der Waals surface area (Å²) in [6, 6.07) is 7.37. The van der Waals surface area contributed by atoms with E-state index in [1.54, 1.807) is 11.2 Å². The van der Waals surface area contributed by atoms with Gasteiger partial charge in [0.15, 0.2) is 6.61 Å². The zero-order valence-corrected chi connectivity index (χ0v) is 16.6. The molecule has 8 heteroatoms. The lowest BCUT2D eigenvalue weighted by atomic mass is 9.62. The minimum absolute atomic E-state index is 0.0219. The second-order valence-corrected chi connectivity index (χ2v) is 8.25. The highest BCUT2D eigenvalue weighted by atomic mass is 16.5. The summed E-state index contributed by atoms with van der Waals surface area (Å²) >= 11 is 0. The van der Waals surface area contributed by atoms with Crippen LogP contribution in [0.4, 0.5) is 5.69 Å². The number of amides is 2. The van der Waals surface area contributed by atoms with E-state index in [0.29, 0.717) is 18.0 Å². The maximum Gasteiger partial charge on any atom is 0.265 e. The fourth-order valence-electron chi connectivity index (χ4n) is 4.99. The molecular formula is C21H25N5O3. The zero-order chi connectivity index (χ0) is 20.0. The Morgan fingerprint density at radius 1 is 1.31 bits per heavy atom. The molecule has 1 saturated heterocycles. The van der Waals surface area contributed by atoms with Gasteiger partial charge in [0.1, 0.15) is 24.4 Å². The van der Waals surface area contributed by atoms with Crippen LogP contribution in [-0.4, -0.2) is 57.7 Å². The Morgan fingerprint density at radius 2 is 2.14 bits per heavy atom. The lowest BCUT2D eigenvalue weighted by Gasteiger charge is -2.42. The molecule has 2 aromatic rings. The van der Waals surface area contributed by atoms with Crippen molar-refractivity contribution >= 4 is 17.5 Å². The van der Waals surface area contributed by atoms with E-state index < -0.39 is 0 Å². The van der Waals surface area contributed by atoms with Gasteiger partial charge in [0.05, 0.1) is 5.69 Å². The number of benzene rings is 1. The molecule has 0 N–H and O–H groups in total. The third kappa shape index (κ3) is 2.89. The Labute approximate surface area is 169 Å². The number of para-hydroxylation sites is 2. The molecule has 1 saturated carbocycles. The van der Waals surface area contributed by atoms with Crippen molar-refractivity contribution in [2.45, 2.75) is 38.6 Å². The molecule has 152 valence electrons. The summed E-state index contributed by atoms with van der Waals surface area (Å²) in [4.78, 5) is 29.1. The molecule has 8 nitrogen and oxygen atoms in total. The molecule has 5 rings (SSSR count). The van der Waals surface area contributed by atoms with E-state index in [-0.39, 0.29) is 36.3 Å². The molecule has 0 bridgehead atoms. The molecule has 29 heavy (non-hydrogen) atoms. The van der Waals surface area contributed by atoms with Crippen LogP contribution in [0.2, 0.25) is 0 Å². The second-order valence-electron chi connectivity index (χ2n) is 8.25. The molecule has 0 radical (unpaired) electrons. The first-order valence-electron chi connectivity index (χ1n) is 10.3. The van der Waals surface area contributed by atoms with E-state index in [1.165, 1.54) is 6.42 Å². The summed E-state index contributed by atoms with van der Waals surface area (Å²) < 4.78 is 7.57. The van der Waals surface area contributed by atoms with E-state index in [9.17, 15) is 9.59 Å². The lowest BCUT2D eigenvalue weighted by molar-refractivity contribution is -0.131. The molecule has 3 heterocycles. The lowest BCUT2D eigenvalue weighted by Crippen LogP contribution is -2.46. The molecule has 2 fully saturated rings. The van der Waals surface area contributed by atoms with Crippen molar-refractivity contribution < 1.29 is 14.3 Å². The standard InChI is InChI=1S/C21H25N5O3/c1-2-24-14-22-23-20(24)15-10-25(13-21(15)8-5-9-21)18(27)11-26-16-6-3-4-7-17(16)29-12-19(26)28/h3-4,6-7,14-15H,2,5,8-13H2,1H3. The molecule has 2 aliphatic heterocycles. The first-order chi connectivity index (χ1) is 14.1. The molecule has 1 aromatic carbocycles. The number of ether oxygens (including phenoxy) is 1. The van der Waals surface area contributed by atoms with Gasteiger partial charge in [0.2, 0.25) is 5.91 Å². The van der Waals surface area contributed by atoms with E-state index in [2.05, 4.69) is 21.7 Å². The highest BCUT2D eigenvalue weighted by Gasteiger charge is 2.53. The fourth-order valence-corrected chi connectivity index (χ4v) is 4.99. The first kappa shape index (κ1) is 18.1. The van der Waals surface area contributed by atoms with Crippen LogP contribution >= 0.6 is 0 Å². The molecule has 1 atom stereocenters. The summed E-state index contributed by atoms with van der Waals surface area (Å²) in [6.07, 6.45) is 5.18. The summed E-state index contributed by atoms with van der Waals surface area (Å²) in [6.45, 7) is 4.28. The second kappa shape index (κ2) is 6.86. The van der Waals surface area contributed by atoms with Crippen LogP contribution in [0.15, 0.2) is 30.6 Å². The van der Waals surface area contributed by atoms with Crippen LogP contribution in [0.3, 0.4) is 0 Å². The third-order valence-electron chi connectivity index (χ3n) is 6.75. The number of likely N-dealkylation sites (tertiary alicyclic amines) is 1. The Hall–Kier alpha value is -2.90. The summed E-state index contributed by atoms with van der Waals surface area (Å²) in [5.74, 6) is 1.62. The Kier molecular flexibility index (Phi) is 4.29. The largest absolute Gasteiger partial charge is 0.482 e. The number of fused-ring (bicyclic) bond motifs is 1. The van der Waals surface area contributed by atoms with Gasteiger partial charge in [-0.25, -0.2) is 0 Å². The maximum absolute atomic E-state index is 13.2. The quantitative estimate of drug-likeness (QED) is 0.789. The molecular weight excluding hydrogens is 370 g/mol. The summed E-state index contributed by atoms with van der Waals surface area (Å²) in [5.41, 5.74) is 0.764. The van der Waals surface area contributed by atoms with Crippen LogP contribution in [0.25, 0.3) is 0 Å². The van der Waals surface area contributed by atoms with E-state index in [1.807, 2.05) is 29.2 Å².